The van der Waals surface area contributed by atoms with Crippen molar-refractivity contribution in [2.24, 2.45) is 5.73 Å². The number of piperidine rings is 1. The number of carbonyl (C=O) groups excluding carboxylic acids is 1. The van der Waals surface area contributed by atoms with Crippen LogP contribution in [-0.4, -0.2) is 68.2 Å². The summed E-state index contributed by atoms with van der Waals surface area (Å²) in [6, 6.07) is -0.206. The molecule has 0 saturated carbocycles. The lowest BCUT2D eigenvalue weighted by atomic mass is 10.0. The van der Waals surface area contributed by atoms with Crippen molar-refractivity contribution in [3.63, 3.8) is 0 Å². The number of hydrogen-bond acceptors (Lipinski definition) is 4. The van der Waals surface area contributed by atoms with Crippen LogP contribution in [0.4, 0.5) is 0 Å². The Hall–Kier alpha value is -0.0700. The molecule has 1 saturated heterocycles. The molecule has 0 spiro atoms. The zero-order chi connectivity index (χ0) is 13.5. The molecule has 1 rings (SSSR count). The standard InChI is InChI=1S/C13H27N3O2.2ClH/c1-4-7-16-8-5-11(6-9-16)15(2)13(17)12(14)10-18-3;;/h11-12H,4-10,14H2,1-3H3;2*1H. The molecule has 0 radical (unpaired) electrons. The van der Waals surface area contributed by atoms with Gasteiger partial charge >= 0.3 is 0 Å². The first-order chi connectivity index (χ1) is 8.60. The van der Waals surface area contributed by atoms with Crippen LogP contribution in [0.5, 0.6) is 0 Å². The summed E-state index contributed by atoms with van der Waals surface area (Å²) < 4.78 is 4.93. The summed E-state index contributed by atoms with van der Waals surface area (Å²) in [5.41, 5.74) is 5.78. The van der Waals surface area contributed by atoms with Gasteiger partial charge in [0.25, 0.3) is 0 Å². The molecule has 2 N–H and O–H groups in total. The molecule has 0 aromatic heterocycles. The number of likely N-dealkylation sites (tertiary alicyclic amines) is 1. The minimum absolute atomic E-state index is 0. The van der Waals surface area contributed by atoms with E-state index in [0.29, 0.717) is 6.04 Å². The van der Waals surface area contributed by atoms with Crippen LogP contribution >= 0.6 is 24.8 Å². The van der Waals surface area contributed by atoms with Gasteiger partial charge in [0.2, 0.25) is 5.91 Å². The van der Waals surface area contributed by atoms with Crippen LogP contribution in [0.15, 0.2) is 0 Å². The van der Waals surface area contributed by atoms with Gasteiger partial charge in [-0.25, -0.2) is 0 Å². The van der Waals surface area contributed by atoms with Gasteiger partial charge in [-0.15, -0.1) is 24.8 Å². The topological polar surface area (TPSA) is 58.8 Å². The van der Waals surface area contributed by atoms with Crippen LogP contribution in [0.1, 0.15) is 26.2 Å². The molecule has 0 aromatic rings. The van der Waals surface area contributed by atoms with Gasteiger partial charge < -0.3 is 20.3 Å². The molecule has 1 aliphatic rings. The lowest BCUT2D eigenvalue weighted by Crippen LogP contribution is -2.51. The Kier molecular flexibility index (Phi) is 12.9. The van der Waals surface area contributed by atoms with E-state index in [1.807, 2.05) is 11.9 Å². The van der Waals surface area contributed by atoms with E-state index in [4.69, 9.17) is 10.5 Å². The van der Waals surface area contributed by atoms with E-state index in [1.54, 1.807) is 7.11 Å². The second-order valence-electron chi connectivity index (χ2n) is 5.08. The van der Waals surface area contributed by atoms with Crippen LogP contribution in [0, 0.1) is 0 Å². The van der Waals surface area contributed by atoms with Gasteiger partial charge in [0.05, 0.1) is 6.61 Å². The highest BCUT2D eigenvalue weighted by Gasteiger charge is 2.27. The normalized spacial score (nSPS) is 17.8. The summed E-state index contributed by atoms with van der Waals surface area (Å²) >= 11 is 0. The number of methoxy groups -OCH3 is 1. The van der Waals surface area contributed by atoms with Crippen molar-refractivity contribution in [3.05, 3.63) is 0 Å². The Bertz CT molecular complexity index is 262. The Morgan fingerprint density at radius 2 is 1.95 bits per heavy atom. The molecule has 122 valence electrons. The highest BCUT2D eigenvalue weighted by Crippen LogP contribution is 2.16. The summed E-state index contributed by atoms with van der Waals surface area (Å²) in [4.78, 5) is 16.3. The molecular weight excluding hydrogens is 301 g/mol. The van der Waals surface area contributed by atoms with Gasteiger partial charge in [-0.2, -0.15) is 0 Å². The minimum atomic E-state index is -0.534. The molecule has 1 atom stereocenters. The van der Waals surface area contributed by atoms with Crippen molar-refractivity contribution < 1.29 is 9.53 Å². The Morgan fingerprint density at radius 3 is 2.40 bits per heavy atom. The average molecular weight is 330 g/mol. The third kappa shape index (κ3) is 6.59. The number of halogens is 2. The van der Waals surface area contributed by atoms with E-state index in [1.165, 1.54) is 6.42 Å². The van der Waals surface area contributed by atoms with Crippen molar-refractivity contribution in [1.82, 2.24) is 9.80 Å². The molecule has 1 amide bonds. The number of rotatable bonds is 6. The zero-order valence-electron chi connectivity index (χ0n) is 12.7. The summed E-state index contributed by atoms with van der Waals surface area (Å²) in [5, 5.41) is 0. The fraction of sp³-hybridized carbons (Fsp3) is 0.923. The van der Waals surface area contributed by atoms with E-state index in [0.717, 1.165) is 32.5 Å². The number of hydrogen-bond donors (Lipinski definition) is 1. The first kappa shape index (κ1) is 22.2. The zero-order valence-corrected chi connectivity index (χ0v) is 14.3. The Balaban J connectivity index is 0. The lowest BCUT2D eigenvalue weighted by molar-refractivity contribution is -0.135. The molecule has 0 aromatic carbocycles. The molecule has 1 unspecified atom stereocenters. The fourth-order valence-electron chi connectivity index (χ4n) is 2.54. The molecule has 0 aliphatic carbocycles. The first-order valence-electron chi connectivity index (χ1n) is 6.83. The summed E-state index contributed by atoms with van der Waals surface area (Å²) in [7, 11) is 3.42. The van der Waals surface area contributed by atoms with Crippen molar-refractivity contribution in [2.75, 3.05) is 40.4 Å². The van der Waals surface area contributed by atoms with E-state index >= 15 is 0 Å². The number of nitrogens with two attached hydrogens (primary N) is 1. The predicted molar refractivity (Wildman–Crippen MR) is 86.9 cm³/mol. The molecule has 1 heterocycles. The van der Waals surface area contributed by atoms with Crippen LogP contribution in [-0.2, 0) is 9.53 Å². The van der Waals surface area contributed by atoms with Gasteiger partial charge in [-0.05, 0) is 25.8 Å². The summed E-state index contributed by atoms with van der Waals surface area (Å²) in [6.45, 7) is 5.81. The van der Waals surface area contributed by atoms with Crippen molar-refractivity contribution in [1.29, 1.82) is 0 Å². The summed E-state index contributed by atoms with van der Waals surface area (Å²) in [5.74, 6) is -0.00853. The SMILES string of the molecule is CCCN1CCC(N(C)C(=O)C(N)COC)CC1.Cl.Cl. The number of likely N-dealkylation sites (N-methyl/N-ethyl adjacent to an activating group) is 1. The average Bonchev–Trinajstić information content (AvgIpc) is 2.38. The smallest absolute Gasteiger partial charge is 0.241 e. The molecule has 1 fully saturated rings. The van der Waals surface area contributed by atoms with Gasteiger partial charge in [0.15, 0.2) is 0 Å². The third-order valence-electron chi connectivity index (χ3n) is 3.66. The number of nitrogens with zero attached hydrogens (tertiary/aromatic N) is 2. The highest BCUT2D eigenvalue weighted by atomic mass is 35.5. The monoisotopic (exact) mass is 329 g/mol. The maximum absolute atomic E-state index is 12.0. The van der Waals surface area contributed by atoms with Crippen LogP contribution in [0.25, 0.3) is 0 Å². The molecular formula is C13H29Cl2N3O2. The summed E-state index contributed by atoms with van der Waals surface area (Å²) in [6.07, 6.45) is 3.28. The second-order valence-corrected chi connectivity index (χ2v) is 5.08. The Labute approximate surface area is 135 Å². The second kappa shape index (κ2) is 11.6. The maximum Gasteiger partial charge on any atom is 0.241 e. The first-order valence-corrected chi connectivity index (χ1v) is 6.83. The van der Waals surface area contributed by atoms with E-state index < -0.39 is 6.04 Å². The third-order valence-corrected chi connectivity index (χ3v) is 3.66. The number of carbonyl (C=O) groups is 1. The molecule has 5 nitrogen and oxygen atoms in total. The van der Waals surface area contributed by atoms with Gasteiger partial charge in [-0.1, -0.05) is 6.92 Å². The number of ether oxygens (including phenoxy) is 1. The largest absolute Gasteiger partial charge is 0.383 e. The highest BCUT2D eigenvalue weighted by molar-refractivity contribution is 5.85. The molecule has 1 aliphatic heterocycles. The molecule has 0 bridgehead atoms. The molecule has 7 heteroatoms. The van der Waals surface area contributed by atoms with E-state index in [9.17, 15) is 4.79 Å². The van der Waals surface area contributed by atoms with E-state index in [2.05, 4.69) is 11.8 Å². The van der Waals surface area contributed by atoms with Crippen molar-refractivity contribution in [2.45, 2.75) is 38.3 Å². The quantitative estimate of drug-likeness (QED) is 0.793. The van der Waals surface area contributed by atoms with E-state index in [-0.39, 0.29) is 37.3 Å². The lowest BCUT2D eigenvalue weighted by Gasteiger charge is -2.37. The number of amides is 1. The van der Waals surface area contributed by atoms with Crippen molar-refractivity contribution >= 4 is 30.7 Å². The van der Waals surface area contributed by atoms with Crippen LogP contribution in [0.3, 0.4) is 0 Å². The van der Waals surface area contributed by atoms with Gasteiger partial charge in [-0.3, -0.25) is 4.79 Å². The van der Waals surface area contributed by atoms with Crippen LogP contribution < -0.4 is 5.73 Å². The fourth-order valence-corrected chi connectivity index (χ4v) is 2.54. The maximum atomic E-state index is 12.0. The van der Waals surface area contributed by atoms with Crippen molar-refractivity contribution in [3.8, 4) is 0 Å². The Morgan fingerprint density at radius 1 is 1.40 bits per heavy atom. The predicted octanol–water partition coefficient (Wildman–Crippen LogP) is 1.14. The van der Waals surface area contributed by atoms with Gasteiger partial charge in [0.1, 0.15) is 6.04 Å². The minimum Gasteiger partial charge on any atom is -0.383 e. The van der Waals surface area contributed by atoms with Gasteiger partial charge in [0, 0.05) is 33.3 Å². The molecule has 20 heavy (non-hydrogen) atoms. The van der Waals surface area contributed by atoms with Crippen LogP contribution in [0.2, 0.25) is 0 Å².